The van der Waals surface area contributed by atoms with Gasteiger partial charge < -0.3 is 19.7 Å². The first-order valence-corrected chi connectivity index (χ1v) is 10.2. The molecule has 4 rings (SSSR count). The van der Waals surface area contributed by atoms with Gasteiger partial charge in [-0.05, 0) is 29.8 Å². The number of nitrogens with one attached hydrogen (secondary N) is 1. The lowest BCUT2D eigenvalue weighted by atomic mass is 10.2. The molecule has 1 fully saturated rings. The van der Waals surface area contributed by atoms with Crippen molar-refractivity contribution in [3.8, 4) is 0 Å². The maximum absolute atomic E-state index is 12.2. The van der Waals surface area contributed by atoms with Gasteiger partial charge in [0.25, 0.3) is 0 Å². The van der Waals surface area contributed by atoms with Gasteiger partial charge in [-0.25, -0.2) is 4.98 Å². The number of aromatic nitrogens is 1. The van der Waals surface area contributed by atoms with Crippen LogP contribution in [-0.2, 0) is 20.9 Å². The molecule has 1 aromatic heterocycles. The SMILES string of the molecule is O=C(COCc1ccccc1Cl)Nc1ccc2nc(N3CCOCC3)sc2c1. The van der Waals surface area contributed by atoms with Crippen LogP contribution in [0.15, 0.2) is 42.5 Å². The summed E-state index contributed by atoms with van der Waals surface area (Å²) in [6, 6.07) is 13.2. The van der Waals surface area contributed by atoms with Gasteiger partial charge in [-0.1, -0.05) is 41.1 Å². The lowest BCUT2D eigenvalue weighted by molar-refractivity contribution is -0.121. The van der Waals surface area contributed by atoms with Gasteiger partial charge in [0.2, 0.25) is 5.91 Å². The minimum absolute atomic E-state index is 0.0367. The Kier molecular flexibility index (Phi) is 6.07. The first kappa shape index (κ1) is 19.1. The molecule has 0 saturated carbocycles. The molecule has 8 heteroatoms. The van der Waals surface area contributed by atoms with E-state index in [1.807, 2.05) is 36.4 Å². The van der Waals surface area contributed by atoms with Crippen molar-refractivity contribution >= 4 is 49.9 Å². The van der Waals surface area contributed by atoms with Crippen LogP contribution in [0.1, 0.15) is 5.56 Å². The molecule has 2 heterocycles. The van der Waals surface area contributed by atoms with E-state index in [9.17, 15) is 4.79 Å². The zero-order chi connectivity index (χ0) is 19.3. The van der Waals surface area contributed by atoms with Crippen LogP contribution < -0.4 is 10.2 Å². The van der Waals surface area contributed by atoms with Gasteiger partial charge in [0.15, 0.2) is 5.13 Å². The van der Waals surface area contributed by atoms with Crippen LogP contribution in [-0.4, -0.2) is 43.8 Å². The van der Waals surface area contributed by atoms with E-state index in [-0.39, 0.29) is 12.5 Å². The molecule has 2 aromatic carbocycles. The third-order valence-electron chi connectivity index (χ3n) is 4.39. The van der Waals surface area contributed by atoms with Crippen molar-refractivity contribution in [1.29, 1.82) is 0 Å². The maximum atomic E-state index is 12.2. The fourth-order valence-electron chi connectivity index (χ4n) is 2.95. The summed E-state index contributed by atoms with van der Waals surface area (Å²) in [7, 11) is 0. The van der Waals surface area contributed by atoms with Crippen molar-refractivity contribution in [2.24, 2.45) is 0 Å². The first-order chi connectivity index (χ1) is 13.7. The van der Waals surface area contributed by atoms with Crippen LogP contribution in [0.3, 0.4) is 0 Å². The molecule has 1 saturated heterocycles. The van der Waals surface area contributed by atoms with Crippen LogP contribution in [0.4, 0.5) is 10.8 Å². The van der Waals surface area contributed by atoms with Crippen molar-refractivity contribution in [3.05, 3.63) is 53.1 Å². The molecule has 3 aromatic rings. The fourth-order valence-corrected chi connectivity index (χ4v) is 4.19. The summed E-state index contributed by atoms with van der Waals surface area (Å²) in [5, 5.41) is 4.50. The van der Waals surface area contributed by atoms with E-state index in [0.717, 1.165) is 52.9 Å². The third kappa shape index (κ3) is 4.62. The van der Waals surface area contributed by atoms with Gasteiger partial charge in [0.05, 0.1) is 30.0 Å². The second-order valence-corrected chi connectivity index (χ2v) is 7.83. The number of anilines is 2. The van der Waals surface area contributed by atoms with E-state index < -0.39 is 0 Å². The van der Waals surface area contributed by atoms with E-state index in [0.29, 0.717) is 11.6 Å². The Morgan fingerprint density at radius 1 is 1.25 bits per heavy atom. The smallest absolute Gasteiger partial charge is 0.250 e. The summed E-state index contributed by atoms with van der Waals surface area (Å²) in [6.07, 6.45) is 0. The molecular formula is C20H20ClN3O3S. The second-order valence-electron chi connectivity index (χ2n) is 6.41. The number of fused-ring (bicyclic) bond motifs is 1. The van der Waals surface area contributed by atoms with Crippen molar-refractivity contribution in [2.75, 3.05) is 43.1 Å². The number of nitrogens with zero attached hydrogens (tertiary/aromatic N) is 2. The molecule has 146 valence electrons. The van der Waals surface area contributed by atoms with Gasteiger partial charge in [0.1, 0.15) is 6.61 Å². The Morgan fingerprint density at radius 3 is 2.89 bits per heavy atom. The van der Waals surface area contributed by atoms with E-state index in [1.54, 1.807) is 17.4 Å². The van der Waals surface area contributed by atoms with E-state index in [4.69, 9.17) is 21.1 Å². The number of thiazole rings is 1. The average Bonchev–Trinajstić information content (AvgIpc) is 3.13. The van der Waals surface area contributed by atoms with E-state index in [1.165, 1.54) is 0 Å². The Morgan fingerprint density at radius 2 is 2.07 bits per heavy atom. The molecule has 0 radical (unpaired) electrons. The molecule has 0 atom stereocenters. The maximum Gasteiger partial charge on any atom is 0.250 e. The number of morpholine rings is 1. The number of carbonyl (C=O) groups is 1. The molecule has 1 amide bonds. The summed E-state index contributed by atoms with van der Waals surface area (Å²) in [5.41, 5.74) is 2.52. The Balaban J connectivity index is 1.34. The minimum atomic E-state index is -0.204. The van der Waals surface area contributed by atoms with Gasteiger partial charge in [0, 0.05) is 23.8 Å². The highest BCUT2D eigenvalue weighted by Gasteiger charge is 2.15. The van der Waals surface area contributed by atoms with Gasteiger partial charge >= 0.3 is 0 Å². The minimum Gasteiger partial charge on any atom is -0.378 e. The molecular weight excluding hydrogens is 398 g/mol. The standard InChI is InChI=1S/C20H20ClN3O3S/c21-16-4-2-1-3-14(16)12-27-13-19(25)22-15-5-6-17-18(11-15)28-20(23-17)24-7-9-26-10-8-24/h1-6,11H,7-10,12-13H2,(H,22,25). The van der Waals surface area contributed by atoms with Crippen molar-refractivity contribution in [2.45, 2.75) is 6.61 Å². The third-order valence-corrected chi connectivity index (χ3v) is 5.84. The highest BCUT2D eigenvalue weighted by molar-refractivity contribution is 7.22. The highest BCUT2D eigenvalue weighted by Crippen LogP contribution is 2.31. The topological polar surface area (TPSA) is 63.7 Å². The predicted octanol–water partition coefficient (Wildman–Crippen LogP) is 3.94. The number of benzene rings is 2. The summed E-state index contributed by atoms with van der Waals surface area (Å²) in [5.74, 6) is -0.204. The summed E-state index contributed by atoms with van der Waals surface area (Å²) in [4.78, 5) is 19.1. The Labute approximate surface area is 172 Å². The van der Waals surface area contributed by atoms with Crippen molar-refractivity contribution in [3.63, 3.8) is 0 Å². The molecule has 6 nitrogen and oxygen atoms in total. The first-order valence-electron chi connectivity index (χ1n) is 9.03. The van der Waals surface area contributed by atoms with Crippen LogP contribution >= 0.6 is 22.9 Å². The van der Waals surface area contributed by atoms with Crippen LogP contribution in [0.25, 0.3) is 10.2 Å². The molecule has 0 unspecified atom stereocenters. The number of ether oxygens (including phenoxy) is 2. The highest BCUT2D eigenvalue weighted by atomic mass is 35.5. The van der Waals surface area contributed by atoms with Crippen LogP contribution in [0, 0.1) is 0 Å². The summed E-state index contributed by atoms with van der Waals surface area (Å²) < 4.78 is 11.9. The van der Waals surface area contributed by atoms with E-state index >= 15 is 0 Å². The predicted molar refractivity (Wildman–Crippen MR) is 112 cm³/mol. The summed E-state index contributed by atoms with van der Waals surface area (Å²) in [6.45, 7) is 3.42. The number of amides is 1. The molecule has 0 spiro atoms. The summed E-state index contributed by atoms with van der Waals surface area (Å²) >= 11 is 7.71. The molecule has 28 heavy (non-hydrogen) atoms. The second kappa shape index (κ2) is 8.87. The van der Waals surface area contributed by atoms with Crippen LogP contribution in [0.2, 0.25) is 5.02 Å². The number of carbonyl (C=O) groups excluding carboxylic acids is 1. The molecule has 1 N–H and O–H groups in total. The molecule has 0 aliphatic carbocycles. The van der Waals surface area contributed by atoms with Crippen LogP contribution in [0.5, 0.6) is 0 Å². The number of hydrogen-bond acceptors (Lipinski definition) is 6. The lowest BCUT2D eigenvalue weighted by Crippen LogP contribution is -2.36. The average molecular weight is 418 g/mol. The largest absolute Gasteiger partial charge is 0.378 e. The number of rotatable bonds is 6. The van der Waals surface area contributed by atoms with E-state index in [2.05, 4.69) is 15.2 Å². The number of halogens is 1. The zero-order valence-corrected chi connectivity index (χ0v) is 16.8. The Bertz CT molecular complexity index is 972. The lowest BCUT2D eigenvalue weighted by Gasteiger charge is -2.25. The zero-order valence-electron chi connectivity index (χ0n) is 15.2. The quantitative estimate of drug-likeness (QED) is 0.658. The Hall–Kier alpha value is -2.19. The monoisotopic (exact) mass is 417 g/mol. The fraction of sp³-hybridized carbons (Fsp3) is 0.300. The van der Waals surface area contributed by atoms with Crippen molar-refractivity contribution < 1.29 is 14.3 Å². The van der Waals surface area contributed by atoms with Crippen molar-refractivity contribution in [1.82, 2.24) is 4.98 Å². The van der Waals surface area contributed by atoms with Gasteiger partial charge in [-0.2, -0.15) is 0 Å². The normalized spacial score (nSPS) is 14.4. The molecule has 1 aliphatic rings. The van der Waals surface area contributed by atoms with Gasteiger partial charge in [-0.15, -0.1) is 0 Å². The molecule has 1 aliphatic heterocycles. The molecule has 0 bridgehead atoms. The van der Waals surface area contributed by atoms with Gasteiger partial charge in [-0.3, -0.25) is 4.79 Å². The number of hydrogen-bond donors (Lipinski definition) is 1.